The predicted molar refractivity (Wildman–Crippen MR) is 67.7 cm³/mol. The molecular weight excluding hydrogens is 230 g/mol. The summed E-state index contributed by atoms with van der Waals surface area (Å²) in [4.78, 5) is 0. The normalized spacial score (nSPS) is 43.8. The van der Waals surface area contributed by atoms with Crippen LogP contribution in [-0.2, 0) is 0 Å². The average Bonchev–Trinajstić information content (AvgIpc) is 2.81. The van der Waals surface area contributed by atoms with Crippen LogP contribution in [0.15, 0.2) is 0 Å². The molecule has 3 aliphatic carbocycles. The predicted octanol–water partition coefficient (Wildman–Crippen LogP) is 2.71. The number of fused-ring (bicyclic) bond motifs is 5. The highest BCUT2D eigenvalue weighted by Gasteiger charge is 2.66. The number of hydrogen-bond acceptors (Lipinski definition) is 4. The lowest BCUT2D eigenvalue weighted by Crippen LogP contribution is -2.07. The summed E-state index contributed by atoms with van der Waals surface area (Å²) in [5, 5.41) is 11.0. The average molecular weight is 249 g/mol. The summed E-state index contributed by atoms with van der Waals surface area (Å²) in [6, 6.07) is 0.0940. The maximum absolute atomic E-state index is 6.02. The van der Waals surface area contributed by atoms with E-state index in [1.807, 2.05) is 0 Å². The first-order valence-corrected chi connectivity index (χ1v) is 7.70. The summed E-state index contributed by atoms with van der Waals surface area (Å²) in [6.07, 6.45) is 5.41. The van der Waals surface area contributed by atoms with Gasteiger partial charge in [-0.05, 0) is 49.4 Å². The first kappa shape index (κ1) is 10.4. The molecule has 0 amide bonds. The number of hydrogen-bond donors (Lipinski definition) is 1. The van der Waals surface area contributed by atoms with Crippen molar-refractivity contribution >= 4 is 11.3 Å². The fraction of sp³-hybridized carbons (Fsp3) is 0.846. The third-order valence-electron chi connectivity index (χ3n) is 5.23. The molecule has 1 aromatic heterocycles. The minimum absolute atomic E-state index is 0.0940. The van der Waals surface area contributed by atoms with Gasteiger partial charge in [-0.1, -0.05) is 18.3 Å². The molecular formula is C13H19N3S. The van der Waals surface area contributed by atoms with Crippen molar-refractivity contribution in [1.29, 1.82) is 0 Å². The van der Waals surface area contributed by atoms with Gasteiger partial charge in [0.1, 0.15) is 10.0 Å². The zero-order valence-electron chi connectivity index (χ0n) is 10.2. The summed E-state index contributed by atoms with van der Waals surface area (Å²) in [5.41, 5.74) is 6.02. The molecule has 2 N–H and O–H groups in total. The second-order valence-electron chi connectivity index (χ2n) is 6.01. The number of nitrogens with zero attached hydrogens (tertiary/aromatic N) is 2. The lowest BCUT2D eigenvalue weighted by atomic mass is 10.0. The van der Waals surface area contributed by atoms with Crippen molar-refractivity contribution in [2.24, 2.45) is 29.4 Å². The minimum atomic E-state index is 0.0940. The third-order valence-corrected chi connectivity index (χ3v) is 6.39. The Bertz CT molecular complexity index is 428. The van der Waals surface area contributed by atoms with Crippen molar-refractivity contribution in [3.8, 4) is 0 Å². The van der Waals surface area contributed by atoms with Crippen LogP contribution in [0.3, 0.4) is 0 Å². The molecule has 3 saturated carbocycles. The van der Waals surface area contributed by atoms with Crippen LogP contribution in [0.4, 0.5) is 0 Å². The summed E-state index contributed by atoms with van der Waals surface area (Å²) < 4.78 is 0. The summed E-state index contributed by atoms with van der Waals surface area (Å²) in [6.45, 7) is 2.11. The Kier molecular flexibility index (Phi) is 2.16. The van der Waals surface area contributed by atoms with Gasteiger partial charge in [0.05, 0.1) is 6.04 Å². The third kappa shape index (κ3) is 1.37. The van der Waals surface area contributed by atoms with Crippen LogP contribution < -0.4 is 5.73 Å². The van der Waals surface area contributed by atoms with Gasteiger partial charge in [0.25, 0.3) is 0 Å². The maximum Gasteiger partial charge on any atom is 0.134 e. The Morgan fingerprint density at radius 3 is 2.65 bits per heavy atom. The van der Waals surface area contributed by atoms with Crippen LogP contribution in [-0.4, -0.2) is 10.2 Å². The van der Waals surface area contributed by atoms with Crippen LogP contribution in [0, 0.1) is 23.7 Å². The van der Waals surface area contributed by atoms with E-state index in [0.29, 0.717) is 0 Å². The Hall–Kier alpha value is -0.480. The molecule has 1 aromatic rings. The van der Waals surface area contributed by atoms with Gasteiger partial charge in [0, 0.05) is 5.92 Å². The van der Waals surface area contributed by atoms with Crippen LogP contribution in [0.1, 0.15) is 54.6 Å². The van der Waals surface area contributed by atoms with Gasteiger partial charge in [-0.2, -0.15) is 0 Å². The summed E-state index contributed by atoms with van der Waals surface area (Å²) >= 11 is 1.78. The zero-order valence-corrected chi connectivity index (χ0v) is 11.0. The van der Waals surface area contributed by atoms with Gasteiger partial charge in [-0.3, -0.25) is 0 Å². The quantitative estimate of drug-likeness (QED) is 0.896. The molecule has 3 fully saturated rings. The molecule has 2 bridgehead atoms. The van der Waals surface area contributed by atoms with Crippen LogP contribution in [0.5, 0.6) is 0 Å². The van der Waals surface area contributed by atoms with Crippen molar-refractivity contribution in [2.45, 2.75) is 44.6 Å². The van der Waals surface area contributed by atoms with E-state index < -0.39 is 0 Å². The number of rotatable bonds is 3. The first-order valence-electron chi connectivity index (χ1n) is 6.88. The number of aromatic nitrogens is 2. The summed E-state index contributed by atoms with van der Waals surface area (Å²) in [5.74, 6) is 4.72. The molecule has 4 heteroatoms. The van der Waals surface area contributed by atoms with Gasteiger partial charge in [-0.25, -0.2) is 0 Å². The van der Waals surface area contributed by atoms with Gasteiger partial charge >= 0.3 is 0 Å². The second kappa shape index (κ2) is 3.51. The molecule has 0 spiro atoms. The van der Waals surface area contributed by atoms with Crippen LogP contribution in [0.25, 0.3) is 0 Å². The highest BCUT2D eigenvalue weighted by atomic mass is 32.1. The van der Waals surface area contributed by atoms with Gasteiger partial charge in [-0.15, -0.1) is 10.2 Å². The smallest absolute Gasteiger partial charge is 0.134 e. The van der Waals surface area contributed by atoms with Gasteiger partial charge in [0.2, 0.25) is 0 Å². The lowest BCUT2D eigenvalue weighted by molar-refractivity contribution is 0.456. The standard InChI is InChI=1S/C13H19N3S/c1-2-8(14)12-15-16-13(17-12)11-9-6-3-4-7(5-6)10(9)11/h6-11H,2-5,14H2,1H3. The number of nitrogens with two attached hydrogens (primary N) is 1. The van der Waals surface area contributed by atoms with E-state index in [4.69, 9.17) is 5.73 Å². The molecule has 3 nitrogen and oxygen atoms in total. The fourth-order valence-electron chi connectivity index (χ4n) is 4.36. The maximum atomic E-state index is 6.02. The molecule has 0 aliphatic heterocycles. The molecule has 0 radical (unpaired) electrons. The van der Waals surface area contributed by atoms with E-state index in [1.165, 1.54) is 24.3 Å². The minimum Gasteiger partial charge on any atom is -0.322 e. The fourth-order valence-corrected chi connectivity index (χ4v) is 5.51. The summed E-state index contributed by atoms with van der Waals surface area (Å²) in [7, 11) is 0. The Morgan fingerprint density at radius 1 is 1.29 bits per heavy atom. The Balaban J connectivity index is 1.56. The van der Waals surface area contributed by atoms with E-state index in [-0.39, 0.29) is 6.04 Å². The van der Waals surface area contributed by atoms with Crippen molar-refractivity contribution in [3.63, 3.8) is 0 Å². The molecule has 0 saturated heterocycles. The van der Waals surface area contributed by atoms with E-state index in [2.05, 4.69) is 17.1 Å². The monoisotopic (exact) mass is 249 g/mol. The molecule has 3 aliphatic rings. The van der Waals surface area contributed by atoms with E-state index in [9.17, 15) is 0 Å². The molecule has 92 valence electrons. The van der Waals surface area contributed by atoms with Crippen molar-refractivity contribution in [3.05, 3.63) is 10.0 Å². The van der Waals surface area contributed by atoms with E-state index in [1.54, 1.807) is 11.3 Å². The van der Waals surface area contributed by atoms with Gasteiger partial charge in [0.15, 0.2) is 0 Å². The zero-order chi connectivity index (χ0) is 11.6. The van der Waals surface area contributed by atoms with Crippen LogP contribution >= 0.6 is 11.3 Å². The van der Waals surface area contributed by atoms with Crippen molar-refractivity contribution < 1.29 is 0 Å². The topological polar surface area (TPSA) is 51.8 Å². The van der Waals surface area contributed by atoms with Crippen LogP contribution in [0.2, 0.25) is 0 Å². The Labute approximate surface area is 106 Å². The highest BCUT2D eigenvalue weighted by Crippen LogP contribution is 2.73. The first-order chi connectivity index (χ1) is 8.29. The SMILES string of the molecule is CCC(N)c1nnc(C2C3C4CCC(C4)C23)s1. The highest BCUT2D eigenvalue weighted by molar-refractivity contribution is 7.11. The molecule has 4 rings (SSSR count). The van der Waals surface area contributed by atoms with Crippen molar-refractivity contribution in [2.75, 3.05) is 0 Å². The largest absolute Gasteiger partial charge is 0.322 e. The van der Waals surface area contributed by atoms with E-state index >= 15 is 0 Å². The molecule has 17 heavy (non-hydrogen) atoms. The second-order valence-corrected chi connectivity index (χ2v) is 7.05. The van der Waals surface area contributed by atoms with Crippen molar-refractivity contribution in [1.82, 2.24) is 10.2 Å². The molecule has 1 heterocycles. The van der Waals surface area contributed by atoms with Gasteiger partial charge < -0.3 is 5.73 Å². The Morgan fingerprint density at radius 2 is 2.00 bits per heavy atom. The molecule has 5 atom stereocenters. The molecule has 0 aromatic carbocycles. The lowest BCUT2D eigenvalue weighted by Gasteiger charge is -2.05. The van der Waals surface area contributed by atoms with E-state index in [0.717, 1.165) is 41.0 Å². The molecule has 5 unspecified atom stereocenters.